The summed E-state index contributed by atoms with van der Waals surface area (Å²) in [6.07, 6.45) is 0. The summed E-state index contributed by atoms with van der Waals surface area (Å²) < 4.78 is 1.48. The fraction of sp³-hybridized carbons (Fsp3) is 0.429. The van der Waals surface area contributed by atoms with E-state index in [0.717, 1.165) is 17.0 Å². The Morgan fingerprint density at radius 1 is 1.43 bits per heavy atom. The van der Waals surface area contributed by atoms with Gasteiger partial charge in [-0.05, 0) is 50.2 Å². The lowest BCUT2D eigenvalue weighted by atomic mass is 10.1. The lowest BCUT2D eigenvalue weighted by Crippen LogP contribution is -2.35. The van der Waals surface area contributed by atoms with E-state index in [4.69, 9.17) is 11.6 Å². The number of benzene rings is 1. The smallest absolute Gasteiger partial charge is 0.308 e. The average molecular weight is 327 g/mol. The minimum atomic E-state index is -0.228. The van der Waals surface area contributed by atoms with Gasteiger partial charge in [0.1, 0.15) is 0 Å². The molecule has 21 heavy (non-hydrogen) atoms. The van der Waals surface area contributed by atoms with E-state index in [1.165, 1.54) is 16.3 Å². The van der Waals surface area contributed by atoms with Gasteiger partial charge in [-0.15, -0.1) is 5.10 Å². The number of aromatic amines is 1. The quantitative estimate of drug-likeness (QED) is 0.907. The number of hydrogen-bond acceptors (Lipinski definition) is 4. The molecule has 0 unspecified atom stereocenters. The zero-order valence-electron chi connectivity index (χ0n) is 12.5. The molecule has 0 saturated heterocycles. The molecule has 5 nitrogen and oxygen atoms in total. The van der Waals surface area contributed by atoms with E-state index >= 15 is 0 Å². The van der Waals surface area contributed by atoms with Crippen molar-refractivity contribution in [2.45, 2.75) is 42.9 Å². The van der Waals surface area contributed by atoms with Crippen LogP contribution in [0.15, 0.2) is 33.0 Å². The van der Waals surface area contributed by atoms with Gasteiger partial charge in [0.25, 0.3) is 0 Å². The molecule has 1 heterocycles. The zero-order chi connectivity index (χ0) is 15.6. The van der Waals surface area contributed by atoms with Gasteiger partial charge in [-0.2, -0.15) is 0 Å². The SMILES string of the molecule is Cn1c(Sc2cc(Cl)ccc2CNC(C)(C)C)n[nH]c1=O. The van der Waals surface area contributed by atoms with E-state index in [1.54, 1.807) is 7.05 Å². The molecule has 114 valence electrons. The topological polar surface area (TPSA) is 62.7 Å². The molecule has 1 aromatic heterocycles. The van der Waals surface area contributed by atoms with Crippen molar-refractivity contribution in [2.75, 3.05) is 0 Å². The third-order valence-electron chi connectivity index (χ3n) is 2.88. The Kier molecular flexibility index (Phi) is 4.81. The fourth-order valence-corrected chi connectivity index (χ4v) is 2.85. The molecule has 0 bridgehead atoms. The van der Waals surface area contributed by atoms with Crippen LogP contribution in [0.25, 0.3) is 0 Å². The second-order valence-electron chi connectivity index (χ2n) is 5.83. The highest BCUT2D eigenvalue weighted by Gasteiger charge is 2.13. The summed E-state index contributed by atoms with van der Waals surface area (Å²) in [5, 5.41) is 11.2. The van der Waals surface area contributed by atoms with Crippen LogP contribution in [0, 0.1) is 0 Å². The number of nitrogens with zero attached hydrogens (tertiary/aromatic N) is 2. The second-order valence-corrected chi connectivity index (χ2v) is 7.27. The fourth-order valence-electron chi connectivity index (χ4n) is 1.65. The number of hydrogen-bond donors (Lipinski definition) is 2. The van der Waals surface area contributed by atoms with Crippen LogP contribution in [0.3, 0.4) is 0 Å². The number of aromatic nitrogens is 3. The molecule has 0 radical (unpaired) electrons. The Hall–Kier alpha value is -1.24. The Labute approximate surface area is 133 Å². The lowest BCUT2D eigenvalue weighted by Gasteiger charge is -2.21. The highest BCUT2D eigenvalue weighted by Crippen LogP contribution is 2.30. The van der Waals surface area contributed by atoms with Gasteiger partial charge in [0.2, 0.25) is 0 Å². The standard InChI is InChI=1S/C14H19ClN4OS/c1-14(2,3)16-8-9-5-6-10(15)7-11(9)21-13-18-17-12(20)19(13)4/h5-7,16H,8H2,1-4H3,(H,17,20). The van der Waals surface area contributed by atoms with Crippen LogP contribution >= 0.6 is 23.4 Å². The maximum absolute atomic E-state index is 11.4. The lowest BCUT2D eigenvalue weighted by molar-refractivity contribution is 0.422. The van der Waals surface area contributed by atoms with Crippen molar-refractivity contribution in [3.63, 3.8) is 0 Å². The van der Waals surface area contributed by atoms with Crippen LogP contribution in [-0.4, -0.2) is 20.3 Å². The van der Waals surface area contributed by atoms with Crippen LogP contribution in [0.5, 0.6) is 0 Å². The summed E-state index contributed by atoms with van der Waals surface area (Å²) >= 11 is 7.51. The predicted molar refractivity (Wildman–Crippen MR) is 86.0 cm³/mol. The molecule has 0 atom stereocenters. The molecule has 0 spiro atoms. The first-order valence-electron chi connectivity index (χ1n) is 6.59. The van der Waals surface area contributed by atoms with E-state index < -0.39 is 0 Å². The molecule has 2 aromatic rings. The molecule has 0 aliphatic carbocycles. The van der Waals surface area contributed by atoms with Crippen molar-refractivity contribution < 1.29 is 0 Å². The van der Waals surface area contributed by atoms with E-state index in [9.17, 15) is 4.79 Å². The van der Waals surface area contributed by atoms with Gasteiger partial charge in [-0.3, -0.25) is 4.57 Å². The summed E-state index contributed by atoms with van der Waals surface area (Å²) in [5.74, 6) is 0. The van der Waals surface area contributed by atoms with Crippen molar-refractivity contribution in [1.29, 1.82) is 0 Å². The van der Waals surface area contributed by atoms with E-state index in [-0.39, 0.29) is 11.2 Å². The molecule has 0 saturated carbocycles. The van der Waals surface area contributed by atoms with E-state index in [0.29, 0.717) is 10.2 Å². The molecule has 7 heteroatoms. The number of rotatable bonds is 4. The van der Waals surface area contributed by atoms with Crippen LogP contribution in [0.4, 0.5) is 0 Å². The molecule has 2 N–H and O–H groups in total. The maximum atomic E-state index is 11.4. The maximum Gasteiger partial charge on any atom is 0.343 e. The van der Waals surface area contributed by atoms with Crippen molar-refractivity contribution in [2.24, 2.45) is 7.05 Å². The van der Waals surface area contributed by atoms with Gasteiger partial charge in [0.05, 0.1) is 0 Å². The Morgan fingerprint density at radius 3 is 2.71 bits per heavy atom. The van der Waals surface area contributed by atoms with Gasteiger partial charge in [0.15, 0.2) is 5.16 Å². The molecule has 0 fully saturated rings. The predicted octanol–water partition coefficient (Wildman–Crippen LogP) is 2.80. The van der Waals surface area contributed by atoms with Crippen molar-refractivity contribution in [3.8, 4) is 0 Å². The number of nitrogens with one attached hydrogen (secondary N) is 2. The summed E-state index contributed by atoms with van der Waals surface area (Å²) in [6.45, 7) is 7.08. The highest BCUT2D eigenvalue weighted by atomic mass is 35.5. The molecule has 0 aliphatic heterocycles. The second kappa shape index (κ2) is 6.25. The number of halogens is 1. The number of H-pyrrole nitrogens is 1. The van der Waals surface area contributed by atoms with Crippen LogP contribution in [0.2, 0.25) is 5.02 Å². The van der Waals surface area contributed by atoms with Crippen molar-refractivity contribution >= 4 is 23.4 Å². The zero-order valence-corrected chi connectivity index (χ0v) is 14.1. The third-order valence-corrected chi connectivity index (χ3v) is 4.26. The van der Waals surface area contributed by atoms with Crippen LogP contribution in [0.1, 0.15) is 26.3 Å². The van der Waals surface area contributed by atoms with Crippen LogP contribution in [-0.2, 0) is 13.6 Å². The first-order chi connectivity index (χ1) is 9.76. The van der Waals surface area contributed by atoms with E-state index in [1.807, 2.05) is 18.2 Å². The van der Waals surface area contributed by atoms with Crippen LogP contribution < -0.4 is 11.0 Å². The summed E-state index contributed by atoms with van der Waals surface area (Å²) in [7, 11) is 1.69. The van der Waals surface area contributed by atoms with Gasteiger partial charge in [-0.1, -0.05) is 17.7 Å². The van der Waals surface area contributed by atoms with Gasteiger partial charge in [-0.25, -0.2) is 9.89 Å². The normalized spacial score (nSPS) is 11.9. The van der Waals surface area contributed by atoms with Gasteiger partial charge >= 0.3 is 5.69 Å². The summed E-state index contributed by atoms with van der Waals surface area (Å²) in [4.78, 5) is 12.4. The molecule has 1 aromatic carbocycles. The largest absolute Gasteiger partial charge is 0.343 e. The average Bonchev–Trinajstić information content (AvgIpc) is 2.69. The summed E-state index contributed by atoms with van der Waals surface area (Å²) in [6, 6.07) is 5.76. The Balaban J connectivity index is 2.27. The third kappa shape index (κ3) is 4.36. The molecule has 2 rings (SSSR count). The highest BCUT2D eigenvalue weighted by molar-refractivity contribution is 7.99. The molecular formula is C14H19ClN4OS. The van der Waals surface area contributed by atoms with Crippen molar-refractivity contribution in [3.05, 3.63) is 39.3 Å². The van der Waals surface area contributed by atoms with E-state index in [2.05, 4.69) is 36.3 Å². The Bertz CT molecular complexity index is 687. The summed E-state index contributed by atoms with van der Waals surface area (Å²) in [5.41, 5.74) is 0.921. The van der Waals surface area contributed by atoms with Gasteiger partial charge in [0, 0.05) is 29.0 Å². The minimum absolute atomic E-state index is 0.0285. The molecule has 0 aliphatic rings. The monoisotopic (exact) mass is 326 g/mol. The first kappa shape index (κ1) is 16.1. The first-order valence-corrected chi connectivity index (χ1v) is 7.78. The molecular weight excluding hydrogens is 308 g/mol. The Morgan fingerprint density at radius 2 is 2.14 bits per heavy atom. The van der Waals surface area contributed by atoms with Crippen molar-refractivity contribution in [1.82, 2.24) is 20.1 Å². The molecule has 0 amide bonds. The van der Waals surface area contributed by atoms with Gasteiger partial charge < -0.3 is 5.32 Å². The minimum Gasteiger partial charge on any atom is -0.308 e.